The minimum Gasteiger partial charge on any atom is -0.343 e. The fourth-order valence-electron chi connectivity index (χ4n) is 2.40. The van der Waals surface area contributed by atoms with E-state index >= 15 is 0 Å². The summed E-state index contributed by atoms with van der Waals surface area (Å²) < 4.78 is 0. The first-order valence-electron chi connectivity index (χ1n) is 8.10. The van der Waals surface area contributed by atoms with Gasteiger partial charge in [-0.1, -0.05) is 45.4 Å². The van der Waals surface area contributed by atoms with Crippen molar-refractivity contribution in [1.82, 2.24) is 5.32 Å². The summed E-state index contributed by atoms with van der Waals surface area (Å²) in [6.45, 7) is 4.35. The van der Waals surface area contributed by atoms with Crippen LogP contribution in [0.1, 0.15) is 64.7 Å². The Morgan fingerprint density at radius 1 is 0.900 bits per heavy atom. The molecular weight excluding hydrogens is 256 g/mol. The zero-order chi connectivity index (χ0) is 15.3. The molecule has 5 heteroatoms. The van der Waals surface area contributed by atoms with Gasteiger partial charge >= 0.3 is 0 Å². The highest BCUT2D eigenvalue weighted by molar-refractivity contribution is 4.67. The predicted molar refractivity (Wildman–Crippen MR) is 82.0 cm³/mol. The van der Waals surface area contributed by atoms with Crippen LogP contribution in [0.4, 0.5) is 0 Å². The number of rotatable bonds is 14. The summed E-state index contributed by atoms with van der Waals surface area (Å²) in [6.07, 6.45) is 9.03. The van der Waals surface area contributed by atoms with Gasteiger partial charge in [0.2, 0.25) is 0 Å². The van der Waals surface area contributed by atoms with E-state index in [1.807, 2.05) is 0 Å². The lowest BCUT2D eigenvalue weighted by molar-refractivity contribution is -0.344. The van der Waals surface area contributed by atoms with Crippen LogP contribution in [-0.4, -0.2) is 40.9 Å². The quantitative estimate of drug-likeness (QED) is 0.245. The van der Waals surface area contributed by atoms with Gasteiger partial charge in [-0.25, -0.2) is 0 Å². The van der Waals surface area contributed by atoms with Crippen LogP contribution in [0.2, 0.25) is 0 Å². The van der Waals surface area contributed by atoms with Gasteiger partial charge in [0.15, 0.2) is 0 Å². The lowest BCUT2D eigenvalue weighted by Crippen LogP contribution is -2.38. The molecule has 0 aromatic carbocycles. The van der Waals surface area contributed by atoms with E-state index in [0.29, 0.717) is 19.4 Å². The molecule has 0 saturated carbocycles. The van der Waals surface area contributed by atoms with Gasteiger partial charge in [-0.2, -0.15) is 0 Å². The highest BCUT2D eigenvalue weighted by Crippen LogP contribution is 2.24. The molecule has 0 spiro atoms. The molecule has 1 atom stereocenters. The van der Waals surface area contributed by atoms with Crippen LogP contribution in [-0.2, 0) is 0 Å². The van der Waals surface area contributed by atoms with Crippen molar-refractivity contribution >= 4 is 0 Å². The summed E-state index contributed by atoms with van der Waals surface area (Å²) in [5.41, 5.74) is 5.37. The second-order valence-corrected chi connectivity index (χ2v) is 5.62. The van der Waals surface area contributed by atoms with E-state index in [9.17, 15) is 15.3 Å². The van der Waals surface area contributed by atoms with Crippen LogP contribution in [0.3, 0.4) is 0 Å². The molecule has 0 aromatic heterocycles. The fraction of sp³-hybridized carbons (Fsp3) is 1.00. The van der Waals surface area contributed by atoms with Gasteiger partial charge < -0.3 is 26.4 Å². The van der Waals surface area contributed by atoms with E-state index in [4.69, 9.17) is 5.73 Å². The first-order valence-corrected chi connectivity index (χ1v) is 8.10. The second-order valence-electron chi connectivity index (χ2n) is 5.62. The maximum Gasteiger partial charge on any atom is 0.278 e. The van der Waals surface area contributed by atoms with Crippen LogP contribution in [0.25, 0.3) is 0 Å². The van der Waals surface area contributed by atoms with E-state index in [2.05, 4.69) is 12.2 Å². The fourth-order valence-corrected chi connectivity index (χ4v) is 2.40. The largest absolute Gasteiger partial charge is 0.343 e. The van der Waals surface area contributed by atoms with Crippen molar-refractivity contribution in [1.29, 1.82) is 0 Å². The first kappa shape index (κ1) is 19.8. The third-order valence-electron chi connectivity index (χ3n) is 3.68. The van der Waals surface area contributed by atoms with Gasteiger partial charge in [-0.05, 0) is 25.8 Å². The molecule has 1 unspecified atom stereocenters. The second kappa shape index (κ2) is 12.5. The normalized spacial score (nSPS) is 13.7. The minimum atomic E-state index is -2.54. The summed E-state index contributed by atoms with van der Waals surface area (Å²) in [6, 6.07) is 0. The Bertz CT molecular complexity index is 208. The standard InChI is InChI=1S/C15H34N2O3/c1-2-3-4-5-6-7-9-14(15(18,19)20)10-8-12-17-13-11-16/h14,17-20H,2-13,16H2,1H3. The molecule has 5 nitrogen and oxygen atoms in total. The molecule has 0 amide bonds. The van der Waals surface area contributed by atoms with E-state index in [-0.39, 0.29) is 0 Å². The molecule has 0 aliphatic heterocycles. The Kier molecular flexibility index (Phi) is 12.4. The summed E-state index contributed by atoms with van der Waals surface area (Å²) in [5.74, 6) is -3.01. The number of aliphatic hydroxyl groups is 3. The lowest BCUT2D eigenvalue weighted by Gasteiger charge is -2.26. The molecule has 20 heavy (non-hydrogen) atoms. The van der Waals surface area contributed by atoms with Gasteiger partial charge in [0, 0.05) is 19.0 Å². The molecule has 0 heterocycles. The van der Waals surface area contributed by atoms with Crippen LogP contribution >= 0.6 is 0 Å². The zero-order valence-corrected chi connectivity index (χ0v) is 13.0. The molecule has 0 saturated heterocycles. The minimum absolute atomic E-state index is 0.464. The number of nitrogens with one attached hydrogen (secondary N) is 1. The Balaban J connectivity index is 3.75. The number of hydrogen-bond donors (Lipinski definition) is 5. The summed E-state index contributed by atoms with van der Waals surface area (Å²) in [7, 11) is 0. The maximum absolute atomic E-state index is 9.39. The van der Waals surface area contributed by atoms with E-state index in [0.717, 1.165) is 32.4 Å². The van der Waals surface area contributed by atoms with Crippen molar-refractivity contribution in [2.45, 2.75) is 70.7 Å². The van der Waals surface area contributed by atoms with Crippen molar-refractivity contribution < 1.29 is 15.3 Å². The van der Waals surface area contributed by atoms with Gasteiger partial charge in [-0.3, -0.25) is 0 Å². The van der Waals surface area contributed by atoms with Crippen LogP contribution in [0.15, 0.2) is 0 Å². The smallest absolute Gasteiger partial charge is 0.278 e. The molecule has 0 aliphatic carbocycles. The first-order chi connectivity index (χ1) is 9.52. The zero-order valence-electron chi connectivity index (χ0n) is 13.0. The van der Waals surface area contributed by atoms with Crippen molar-refractivity contribution in [2.24, 2.45) is 11.7 Å². The maximum atomic E-state index is 9.39. The summed E-state index contributed by atoms with van der Waals surface area (Å²) in [5, 5.41) is 31.3. The highest BCUT2D eigenvalue weighted by Gasteiger charge is 2.30. The Hall–Kier alpha value is -0.200. The van der Waals surface area contributed by atoms with Gasteiger partial charge in [0.25, 0.3) is 5.97 Å². The molecule has 122 valence electrons. The third kappa shape index (κ3) is 11.6. The Morgan fingerprint density at radius 3 is 2.10 bits per heavy atom. The Morgan fingerprint density at radius 2 is 1.50 bits per heavy atom. The SMILES string of the molecule is CCCCCCCCC(CCCNCCN)C(O)(O)O. The molecular formula is C15H34N2O3. The number of unbranched alkanes of at least 4 members (excludes halogenated alkanes) is 5. The highest BCUT2D eigenvalue weighted by atomic mass is 16.7. The molecule has 0 radical (unpaired) electrons. The van der Waals surface area contributed by atoms with Crippen molar-refractivity contribution in [3.63, 3.8) is 0 Å². The lowest BCUT2D eigenvalue weighted by atomic mass is 9.93. The Labute approximate surface area is 123 Å². The molecule has 0 bridgehead atoms. The van der Waals surface area contributed by atoms with Gasteiger partial charge in [0.1, 0.15) is 0 Å². The van der Waals surface area contributed by atoms with E-state index in [1.54, 1.807) is 0 Å². The summed E-state index contributed by atoms with van der Waals surface area (Å²) >= 11 is 0. The molecule has 6 N–H and O–H groups in total. The monoisotopic (exact) mass is 290 g/mol. The molecule has 0 aliphatic rings. The van der Waals surface area contributed by atoms with Crippen LogP contribution in [0.5, 0.6) is 0 Å². The van der Waals surface area contributed by atoms with E-state index in [1.165, 1.54) is 25.7 Å². The molecule has 0 rings (SSSR count). The average molecular weight is 290 g/mol. The third-order valence-corrected chi connectivity index (χ3v) is 3.68. The topological polar surface area (TPSA) is 98.7 Å². The van der Waals surface area contributed by atoms with Crippen molar-refractivity contribution in [2.75, 3.05) is 19.6 Å². The molecule has 0 aromatic rings. The number of hydrogen-bond acceptors (Lipinski definition) is 5. The van der Waals surface area contributed by atoms with Gasteiger partial charge in [0.05, 0.1) is 0 Å². The predicted octanol–water partition coefficient (Wildman–Crippen LogP) is 1.31. The van der Waals surface area contributed by atoms with Crippen molar-refractivity contribution in [3.05, 3.63) is 0 Å². The average Bonchev–Trinajstić information content (AvgIpc) is 2.38. The van der Waals surface area contributed by atoms with Gasteiger partial charge in [-0.15, -0.1) is 0 Å². The molecule has 0 fully saturated rings. The van der Waals surface area contributed by atoms with Crippen LogP contribution < -0.4 is 11.1 Å². The van der Waals surface area contributed by atoms with Crippen LogP contribution in [0, 0.1) is 5.92 Å². The van der Waals surface area contributed by atoms with Crippen molar-refractivity contribution in [3.8, 4) is 0 Å². The van der Waals surface area contributed by atoms with E-state index < -0.39 is 11.9 Å². The summed E-state index contributed by atoms with van der Waals surface area (Å²) in [4.78, 5) is 0. The number of nitrogens with two attached hydrogens (primary N) is 1.